The van der Waals surface area contributed by atoms with Crippen LogP contribution in [0.15, 0.2) is 60.8 Å². The quantitative estimate of drug-likeness (QED) is 0.134. The van der Waals surface area contributed by atoms with Crippen LogP contribution in [0.5, 0.6) is 11.5 Å². The van der Waals surface area contributed by atoms with Gasteiger partial charge in [-0.1, -0.05) is 72.7 Å². The summed E-state index contributed by atoms with van der Waals surface area (Å²) in [6.45, 7) is 8.10. The topological polar surface area (TPSA) is 131 Å². The Hall–Kier alpha value is -3.99. The van der Waals surface area contributed by atoms with Crippen molar-refractivity contribution in [3.63, 3.8) is 0 Å². The van der Waals surface area contributed by atoms with Crippen molar-refractivity contribution in [1.29, 1.82) is 5.26 Å². The maximum absolute atomic E-state index is 13.1. The fraction of sp³-hybridized carbons (Fsp3) is 0.281. The van der Waals surface area contributed by atoms with Crippen LogP contribution in [0.2, 0.25) is 5.02 Å². The molecular weight excluding hydrogens is 695 g/mol. The van der Waals surface area contributed by atoms with Crippen molar-refractivity contribution in [2.24, 2.45) is 0 Å². The number of hydrogen-bond donors (Lipinski definition) is 2. The number of anilines is 2. The minimum Gasteiger partial charge on any atom is -0.456 e. The van der Waals surface area contributed by atoms with Crippen LogP contribution < -0.4 is 15.4 Å². The van der Waals surface area contributed by atoms with Crippen LogP contribution in [-0.2, 0) is 21.4 Å². The van der Waals surface area contributed by atoms with Crippen LogP contribution in [0.3, 0.4) is 0 Å². The lowest BCUT2D eigenvalue weighted by molar-refractivity contribution is -0.122. The second kappa shape index (κ2) is 15.7. The van der Waals surface area contributed by atoms with E-state index < -0.39 is 6.03 Å². The molecule has 2 aromatic carbocycles. The summed E-state index contributed by atoms with van der Waals surface area (Å²) in [6.07, 6.45) is 1.58. The number of carbonyl (C=O) groups is 2. The first-order valence-electron chi connectivity index (χ1n) is 14.1. The van der Waals surface area contributed by atoms with Gasteiger partial charge in [0.25, 0.3) is 0 Å². The zero-order valence-electron chi connectivity index (χ0n) is 26.1. The zero-order chi connectivity index (χ0) is 33.1. The SMILES string of the molecule is COCC(=O)Cc1cc(Oc2ccc(NC(=O)Nc3cc(C(C)(C)C)nn3-c3ccc(C)cc3)c(Cl)c2C#N)ccn1.[2H]CI. The molecule has 0 unspecified atom stereocenters. The van der Waals surface area contributed by atoms with Gasteiger partial charge in [0.05, 0.1) is 34.2 Å². The standard InChI is InChI=1S/C31H31ClN6O4.CH3I/c1-19-6-8-21(9-7-19)38-28(16-27(37-38)31(2,3)4)36-30(40)35-25-10-11-26(24(17-33)29(25)32)42-23-12-13-34-20(15-23)14-22(39)18-41-5;1-2/h6-13,15-16H,14,18H2,1-5H3,(H2,35,36,40);1H3/i;1D. The van der Waals surface area contributed by atoms with E-state index in [1.54, 1.807) is 22.9 Å². The van der Waals surface area contributed by atoms with Gasteiger partial charge in [0.1, 0.15) is 35.6 Å². The van der Waals surface area contributed by atoms with E-state index in [-0.39, 0.29) is 46.2 Å². The van der Waals surface area contributed by atoms with Gasteiger partial charge in [-0.3, -0.25) is 15.1 Å². The summed E-state index contributed by atoms with van der Waals surface area (Å²) in [5.41, 5.74) is 3.18. The molecule has 0 saturated carbocycles. The number of benzene rings is 2. The van der Waals surface area contributed by atoms with Crippen LogP contribution in [-0.4, -0.2) is 45.2 Å². The number of nitrogens with zero attached hydrogens (tertiary/aromatic N) is 4. The molecule has 0 aliphatic carbocycles. The highest BCUT2D eigenvalue weighted by Gasteiger charge is 2.22. The average Bonchev–Trinajstić information content (AvgIpc) is 3.40. The van der Waals surface area contributed by atoms with Crippen molar-refractivity contribution in [1.82, 2.24) is 14.8 Å². The molecule has 2 heterocycles. The molecule has 0 atom stereocenters. The number of hydrogen-bond acceptors (Lipinski definition) is 7. The predicted octanol–water partition coefficient (Wildman–Crippen LogP) is 7.64. The smallest absolute Gasteiger partial charge is 0.324 e. The Morgan fingerprint density at radius 1 is 1.14 bits per heavy atom. The molecule has 2 aromatic heterocycles. The van der Waals surface area contributed by atoms with Crippen molar-refractivity contribution in [3.05, 3.63) is 88.3 Å². The van der Waals surface area contributed by atoms with Gasteiger partial charge in [-0.15, -0.1) is 0 Å². The lowest BCUT2D eigenvalue weighted by Gasteiger charge is -2.14. The highest BCUT2D eigenvalue weighted by atomic mass is 127. The molecule has 0 bridgehead atoms. The monoisotopic (exact) mass is 729 g/mol. The first kappa shape index (κ1) is 32.9. The van der Waals surface area contributed by atoms with E-state index in [0.717, 1.165) is 16.9 Å². The van der Waals surface area contributed by atoms with E-state index in [0.29, 0.717) is 22.2 Å². The molecule has 44 heavy (non-hydrogen) atoms. The number of urea groups is 1. The van der Waals surface area contributed by atoms with Crippen LogP contribution >= 0.6 is 34.2 Å². The van der Waals surface area contributed by atoms with Gasteiger partial charge >= 0.3 is 6.03 Å². The fourth-order valence-electron chi connectivity index (χ4n) is 3.99. The highest BCUT2D eigenvalue weighted by molar-refractivity contribution is 14.1. The molecule has 230 valence electrons. The Bertz CT molecular complexity index is 1680. The van der Waals surface area contributed by atoms with Gasteiger partial charge < -0.3 is 14.8 Å². The van der Waals surface area contributed by atoms with Gasteiger partial charge in [0, 0.05) is 32.2 Å². The van der Waals surface area contributed by atoms with Gasteiger partial charge in [-0.25, -0.2) is 9.48 Å². The highest BCUT2D eigenvalue weighted by Crippen LogP contribution is 2.35. The van der Waals surface area contributed by atoms with Crippen molar-refractivity contribution < 1.29 is 20.4 Å². The van der Waals surface area contributed by atoms with E-state index in [9.17, 15) is 14.9 Å². The van der Waals surface area contributed by atoms with E-state index in [4.69, 9.17) is 27.5 Å². The minimum atomic E-state index is -0.567. The maximum atomic E-state index is 13.1. The Morgan fingerprint density at radius 3 is 2.48 bits per heavy atom. The number of nitriles is 1. The number of alkyl halides is 1. The normalized spacial score (nSPS) is 11.0. The number of aromatic nitrogens is 3. The summed E-state index contributed by atoms with van der Waals surface area (Å²) in [5.74, 6) is 0.889. The van der Waals surface area contributed by atoms with Crippen molar-refractivity contribution >= 4 is 57.5 Å². The molecule has 2 amide bonds. The Morgan fingerprint density at radius 2 is 1.84 bits per heavy atom. The molecule has 0 saturated heterocycles. The summed E-state index contributed by atoms with van der Waals surface area (Å²) >= 11 is 8.49. The number of aryl methyl sites for hydroxylation is 1. The first-order valence-corrected chi connectivity index (χ1v) is 15.3. The molecule has 0 radical (unpaired) electrons. The molecule has 0 aliphatic heterocycles. The van der Waals surface area contributed by atoms with Crippen molar-refractivity contribution in [2.45, 2.75) is 39.5 Å². The van der Waals surface area contributed by atoms with Gasteiger partial charge in [0.2, 0.25) is 0 Å². The fourth-order valence-corrected chi connectivity index (χ4v) is 4.24. The molecule has 4 aromatic rings. The number of rotatable bonds is 9. The number of ether oxygens (including phenoxy) is 2. The van der Waals surface area contributed by atoms with Crippen LogP contribution in [0, 0.1) is 18.3 Å². The molecule has 2 N–H and O–H groups in total. The number of nitrogens with one attached hydrogen (secondary N) is 2. The first-order chi connectivity index (χ1) is 21.4. The van der Waals surface area contributed by atoms with E-state index in [2.05, 4.69) is 15.6 Å². The zero-order valence-corrected chi connectivity index (χ0v) is 28.0. The molecule has 12 heteroatoms. The van der Waals surface area contributed by atoms with Crippen LogP contribution in [0.4, 0.5) is 16.3 Å². The molecule has 0 fully saturated rings. The number of pyridine rings is 1. The summed E-state index contributed by atoms with van der Waals surface area (Å²) in [4.78, 5) is 29.7. The molecule has 10 nitrogen and oxygen atoms in total. The number of carbonyl (C=O) groups excluding carboxylic acids is 2. The lowest BCUT2D eigenvalue weighted by atomic mass is 9.92. The lowest BCUT2D eigenvalue weighted by Crippen LogP contribution is -2.21. The van der Waals surface area contributed by atoms with E-state index >= 15 is 0 Å². The molecule has 0 spiro atoms. The summed E-state index contributed by atoms with van der Waals surface area (Å²) in [7, 11) is 1.45. The number of ketones is 1. The Kier molecular flexibility index (Phi) is 11.7. The summed E-state index contributed by atoms with van der Waals surface area (Å²) in [6, 6.07) is 17.4. The van der Waals surface area contributed by atoms with Gasteiger partial charge in [0.15, 0.2) is 5.78 Å². The third-order valence-corrected chi connectivity index (χ3v) is 6.55. The second-order valence-electron chi connectivity index (χ2n) is 10.6. The summed E-state index contributed by atoms with van der Waals surface area (Å²) in [5, 5.41) is 20.1. The van der Waals surface area contributed by atoms with Crippen molar-refractivity contribution in [2.75, 3.05) is 29.3 Å². The largest absolute Gasteiger partial charge is 0.456 e. The van der Waals surface area contributed by atoms with E-state index in [1.165, 1.54) is 19.4 Å². The average molecular weight is 730 g/mol. The Balaban J connectivity index is 0.00000177. The van der Waals surface area contributed by atoms with Crippen LogP contribution in [0.25, 0.3) is 5.69 Å². The predicted molar refractivity (Wildman–Crippen MR) is 181 cm³/mol. The molecular formula is C32H34ClIN6O4. The second-order valence-corrected chi connectivity index (χ2v) is 11.0. The van der Waals surface area contributed by atoms with Crippen LogP contribution in [0.1, 0.15) is 44.7 Å². The van der Waals surface area contributed by atoms with E-state index in [1.807, 2.05) is 86.7 Å². The summed E-state index contributed by atoms with van der Waals surface area (Å²) < 4.78 is 18.6. The van der Waals surface area contributed by atoms with Gasteiger partial charge in [-0.05, 0) is 42.2 Å². The number of amides is 2. The maximum Gasteiger partial charge on any atom is 0.324 e. The van der Waals surface area contributed by atoms with Gasteiger partial charge in [-0.2, -0.15) is 10.4 Å². The van der Waals surface area contributed by atoms with Crippen molar-refractivity contribution in [3.8, 4) is 23.3 Å². The Labute approximate surface area is 277 Å². The molecule has 4 rings (SSSR count). The third-order valence-electron chi connectivity index (χ3n) is 6.16. The number of Topliss-reactive ketones (excluding diaryl/α,β-unsaturated/α-hetero) is 1. The molecule has 0 aliphatic rings. The number of halogens is 2. The number of methoxy groups -OCH3 is 1. The third kappa shape index (κ3) is 9.01. The minimum absolute atomic E-state index is 0.0112.